The molecule has 0 aliphatic carbocycles. The first-order valence-corrected chi connectivity index (χ1v) is 4.76. The van der Waals surface area contributed by atoms with Crippen molar-refractivity contribution >= 4 is 5.97 Å². The van der Waals surface area contributed by atoms with Gasteiger partial charge in [0.25, 0.3) is 0 Å². The maximum Gasteiger partial charge on any atom is 0.331 e. The highest BCUT2D eigenvalue weighted by atomic mass is 16.5. The van der Waals surface area contributed by atoms with Gasteiger partial charge >= 0.3 is 5.97 Å². The molecule has 0 saturated carbocycles. The third-order valence-electron chi connectivity index (χ3n) is 1.97. The summed E-state index contributed by atoms with van der Waals surface area (Å²) in [5.41, 5.74) is 2.42. The Morgan fingerprint density at radius 3 is 2.67 bits per heavy atom. The lowest BCUT2D eigenvalue weighted by atomic mass is 10.1. The Hall–Kier alpha value is -1.77. The maximum atomic E-state index is 10.7. The van der Waals surface area contributed by atoms with Crippen molar-refractivity contribution in [2.75, 3.05) is 7.11 Å². The molecule has 0 bridgehead atoms. The second-order valence-electron chi connectivity index (χ2n) is 3.22. The number of ether oxygens (including phenoxy) is 1. The number of esters is 1. The van der Waals surface area contributed by atoms with Gasteiger partial charge in [-0.3, -0.25) is 0 Å². The highest BCUT2D eigenvalue weighted by Gasteiger charge is 1.91. The van der Waals surface area contributed by atoms with Crippen LogP contribution in [0.4, 0.5) is 0 Å². The van der Waals surface area contributed by atoms with Crippen LogP contribution in [0.5, 0.6) is 0 Å². The molecule has 0 radical (unpaired) electrons. The van der Waals surface area contributed by atoms with Gasteiger partial charge in [-0.1, -0.05) is 29.8 Å². The van der Waals surface area contributed by atoms with Gasteiger partial charge in [-0.2, -0.15) is 0 Å². The molecule has 0 unspecified atom stereocenters. The molecule has 80 valence electrons. The lowest BCUT2D eigenvalue weighted by molar-refractivity contribution is -0.134. The van der Waals surface area contributed by atoms with Gasteiger partial charge in [-0.05, 0) is 12.5 Å². The van der Waals surface area contributed by atoms with E-state index in [1.807, 2.05) is 19.1 Å². The monoisotopic (exact) mass is 205 g/mol. The predicted molar refractivity (Wildman–Crippen MR) is 59.2 cm³/mol. The molecule has 15 heavy (non-hydrogen) atoms. The summed E-state index contributed by atoms with van der Waals surface area (Å²) in [7, 11) is 1.35. The first-order valence-electron chi connectivity index (χ1n) is 4.76. The summed E-state index contributed by atoms with van der Waals surface area (Å²) in [6.07, 6.45) is 2.94. The smallest absolute Gasteiger partial charge is 0.331 e. The fraction of sp³-hybridized carbons (Fsp3) is 0.250. The van der Waals surface area contributed by atoms with Crippen molar-refractivity contribution in [2.45, 2.75) is 13.5 Å². The highest BCUT2D eigenvalue weighted by Crippen LogP contribution is 2.02. The molecular weight excluding hydrogens is 190 g/mol. The van der Waals surface area contributed by atoms with Crippen LogP contribution in [0.3, 0.4) is 0 Å². The van der Waals surface area contributed by atoms with E-state index in [2.05, 4.69) is 22.2 Å². The fourth-order valence-electron chi connectivity index (χ4n) is 1.08. The van der Waals surface area contributed by atoms with Crippen molar-refractivity contribution in [1.29, 1.82) is 0 Å². The van der Waals surface area contributed by atoms with Crippen LogP contribution in [-0.2, 0) is 16.1 Å². The minimum absolute atomic E-state index is 0.355. The molecule has 0 spiro atoms. The zero-order valence-electron chi connectivity index (χ0n) is 8.99. The summed E-state index contributed by atoms with van der Waals surface area (Å²) >= 11 is 0. The van der Waals surface area contributed by atoms with Crippen molar-refractivity contribution in [1.82, 2.24) is 5.32 Å². The van der Waals surface area contributed by atoms with Crippen LogP contribution in [0.2, 0.25) is 0 Å². The molecule has 1 aromatic rings. The average Bonchev–Trinajstić information content (AvgIpc) is 2.26. The maximum absolute atomic E-state index is 10.7. The van der Waals surface area contributed by atoms with Crippen LogP contribution in [0, 0.1) is 6.92 Å². The number of benzene rings is 1. The molecule has 0 amide bonds. The van der Waals surface area contributed by atoms with E-state index in [0.29, 0.717) is 6.54 Å². The van der Waals surface area contributed by atoms with E-state index < -0.39 is 0 Å². The third-order valence-corrected chi connectivity index (χ3v) is 1.97. The molecule has 0 atom stereocenters. The summed E-state index contributed by atoms with van der Waals surface area (Å²) in [6, 6.07) is 8.21. The van der Waals surface area contributed by atoms with Gasteiger partial charge in [0.15, 0.2) is 0 Å². The minimum atomic E-state index is -0.355. The lowest BCUT2D eigenvalue weighted by Crippen LogP contribution is -2.06. The Bertz CT molecular complexity index is 341. The summed E-state index contributed by atoms with van der Waals surface area (Å²) < 4.78 is 4.45. The van der Waals surface area contributed by atoms with Crippen LogP contribution in [0.15, 0.2) is 36.5 Å². The number of aryl methyl sites for hydroxylation is 1. The minimum Gasteiger partial charge on any atom is -0.466 e. The zero-order valence-corrected chi connectivity index (χ0v) is 8.99. The largest absolute Gasteiger partial charge is 0.466 e. The normalized spacial score (nSPS) is 10.3. The number of rotatable bonds is 4. The van der Waals surface area contributed by atoms with Crippen molar-refractivity contribution in [3.8, 4) is 0 Å². The standard InChI is InChI=1S/C12H15NO2/c1-10-3-5-11(6-4-10)9-13-8-7-12(14)15-2/h3-8,13H,9H2,1-2H3/b8-7-. The van der Waals surface area contributed by atoms with Crippen LogP contribution in [-0.4, -0.2) is 13.1 Å². The Labute approximate surface area is 89.8 Å². The zero-order chi connectivity index (χ0) is 11.1. The second kappa shape index (κ2) is 5.86. The molecule has 3 nitrogen and oxygen atoms in total. The molecule has 0 aliphatic heterocycles. The van der Waals surface area contributed by atoms with E-state index in [9.17, 15) is 4.79 Å². The van der Waals surface area contributed by atoms with Gasteiger partial charge in [0.2, 0.25) is 0 Å². The molecule has 0 heterocycles. The Kier molecular flexibility index (Phi) is 4.41. The van der Waals surface area contributed by atoms with E-state index in [4.69, 9.17) is 0 Å². The van der Waals surface area contributed by atoms with Gasteiger partial charge in [-0.25, -0.2) is 4.79 Å². The van der Waals surface area contributed by atoms with E-state index in [1.54, 1.807) is 6.20 Å². The first-order chi connectivity index (χ1) is 7.22. The molecule has 1 rings (SSSR count). The van der Waals surface area contributed by atoms with Gasteiger partial charge in [0, 0.05) is 18.8 Å². The topological polar surface area (TPSA) is 38.3 Å². The molecule has 0 fully saturated rings. The molecule has 0 saturated heterocycles. The van der Waals surface area contributed by atoms with E-state index in [1.165, 1.54) is 24.3 Å². The Morgan fingerprint density at radius 1 is 1.40 bits per heavy atom. The number of hydrogen-bond donors (Lipinski definition) is 1. The van der Waals surface area contributed by atoms with Crippen molar-refractivity contribution in [2.24, 2.45) is 0 Å². The second-order valence-corrected chi connectivity index (χ2v) is 3.22. The Morgan fingerprint density at radius 2 is 2.07 bits per heavy atom. The molecule has 1 aromatic carbocycles. The third kappa shape index (κ3) is 4.31. The van der Waals surface area contributed by atoms with Gasteiger partial charge in [-0.15, -0.1) is 0 Å². The van der Waals surface area contributed by atoms with Gasteiger partial charge < -0.3 is 10.1 Å². The molecule has 0 aliphatic rings. The number of nitrogens with one attached hydrogen (secondary N) is 1. The van der Waals surface area contributed by atoms with Gasteiger partial charge in [0.1, 0.15) is 0 Å². The fourth-order valence-corrected chi connectivity index (χ4v) is 1.08. The van der Waals surface area contributed by atoms with Crippen molar-refractivity contribution < 1.29 is 9.53 Å². The molecular formula is C12H15NO2. The first kappa shape index (κ1) is 11.3. The number of carbonyl (C=O) groups is 1. The van der Waals surface area contributed by atoms with Crippen molar-refractivity contribution in [3.63, 3.8) is 0 Å². The average molecular weight is 205 g/mol. The van der Waals surface area contributed by atoms with Crippen LogP contribution < -0.4 is 5.32 Å². The number of carbonyl (C=O) groups excluding carboxylic acids is 1. The molecule has 3 heteroatoms. The Balaban J connectivity index is 2.35. The van der Waals surface area contributed by atoms with Crippen molar-refractivity contribution in [3.05, 3.63) is 47.7 Å². The summed E-state index contributed by atoms with van der Waals surface area (Å²) in [5.74, 6) is -0.355. The summed E-state index contributed by atoms with van der Waals surface area (Å²) in [5, 5.41) is 3.00. The summed E-state index contributed by atoms with van der Waals surface area (Å²) in [4.78, 5) is 10.7. The lowest BCUT2D eigenvalue weighted by Gasteiger charge is -2.01. The van der Waals surface area contributed by atoms with E-state index in [-0.39, 0.29) is 5.97 Å². The van der Waals surface area contributed by atoms with Crippen LogP contribution in [0.1, 0.15) is 11.1 Å². The summed E-state index contributed by atoms with van der Waals surface area (Å²) in [6.45, 7) is 2.75. The number of methoxy groups -OCH3 is 1. The number of hydrogen-bond acceptors (Lipinski definition) is 3. The SMILES string of the molecule is COC(=O)/C=C\NCc1ccc(C)cc1. The predicted octanol–water partition coefficient (Wildman–Crippen LogP) is 1.77. The highest BCUT2D eigenvalue weighted by molar-refractivity contribution is 5.81. The molecule has 0 aromatic heterocycles. The van der Waals surface area contributed by atoms with E-state index in [0.717, 1.165) is 0 Å². The van der Waals surface area contributed by atoms with Gasteiger partial charge in [0.05, 0.1) is 7.11 Å². The van der Waals surface area contributed by atoms with Crippen LogP contribution >= 0.6 is 0 Å². The molecule has 1 N–H and O–H groups in total. The quantitative estimate of drug-likeness (QED) is 0.601. The van der Waals surface area contributed by atoms with E-state index >= 15 is 0 Å². The van der Waals surface area contributed by atoms with Crippen LogP contribution in [0.25, 0.3) is 0 Å².